The van der Waals surface area contributed by atoms with Crippen molar-refractivity contribution in [1.29, 1.82) is 0 Å². The van der Waals surface area contributed by atoms with Gasteiger partial charge in [-0.3, -0.25) is 0 Å². The average molecular weight is 196 g/mol. The standard InChI is InChI=1S/C12H24N2/c1-10(13-2)4-3-7-14-9-11-5-6-12(14)8-11/h10-13H,3-9H2,1-2H3. The number of nitrogens with one attached hydrogen (secondary N) is 1. The predicted molar refractivity (Wildman–Crippen MR) is 60.5 cm³/mol. The molecule has 1 saturated carbocycles. The number of nitrogens with zero attached hydrogens (tertiary/aromatic N) is 1. The molecule has 0 aromatic rings. The molecule has 1 saturated heterocycles. The van der Waals surface area contributed by atoms with Gasteiger partial charge in [0, 0.05) is 18.6 Å². The normalized spacial score (nSPS) is 33.9. The fourth-order valence-electron chi connectivity index (χ4n) is 3.05. The predicted octanol–water partition coefficient (Wildman–Crippen LogP) is 1.86. The van der Waals surface area contributed by atoms with E-state index in [1.54, 1.807) is 0 Å². The number of piperidine rings is 1. The Kier molecular flexibility index (Phi) is 3.45. The summed E-state index contributed by atoms with van der Waals surface area (Å²) in [6.45, 7) is 5.02. The van der Waals surface area contributed by atoms with E-state index in [0.717, 1.165) is 12.0 Å². The summed E-state index contributed by atoms with van der Waals surface area (Å²) in [5.74, 6) is 1.06. The summed E-state index contributed by atoms with van der Waals surface area (Å²) >= 11 is 0. The van der Waals surface area contributed by atoms with Crippen molar-refractivity contribution in [3.8, 4) is 0 Å². The van der Waals surface area contributed by atoms with Crippen molar-refractivity contribution in [2.45, 2.75) is 51.1 Å². The zero-order valence-corrected chi connectivity index (χ0v) is 9.63. The molecule has 2 aliphatic rings. The molecule has 2 rings (SSSR count). The van der Waals surface area contributed by atoms with Gasteiger partial charge >= 0.3 is 0 Å². The maximum absolute atomic E-state index is 3.31. The van der Waals surface area contributed by atoms with Gasteiger partial charge in [0.05, 0.1) is 0 Å². The van der Waals surface area contributed by atoms with Crippen molar-refractivity contribution >= 4 is 0 Å². The molecular formula is C12H24N2. The van der Waals surface area contributed by atoms with Gasteiger partial charge in [0.2, 0.25) is 0 Å². The lowest BCUT2D eigenvalue weighted by Crippen LogP contribution is -2.33. The number of fused-ring (bicyclic) bond motifs is 2. The molecular weight excluding hydrogens is 172 g/mol. The molecule has 14 heavy (non-hydrogen) atoms. The second-order valence-corrected chi connectivity index (χ2v) is 5.16. The summed E-state index contributed by atoms with van der Waals surface area (Å²) < 4.78 is 0. The van der Waals surface area contributed by atoms with Crippen LogP contribution in [0.25, 0.3) is 0 Å². The molecule has 2 fully saturated rings. The molecule has 3 atom stereocenters. The van der Waals surface area contributed by atoms with E-state index in [-0.39, 0.29) is 0 Å². The largest absolute Gasteiger partial charge is 0.317 e. The van der Waals surface area contributed by atoms with Gasteiger partial charge in [-0.15, -0.1) is 0 Å². The molecule has 1 aliphatic heterocycles. The molecule has 3 unspecified atom stereocenters. The lowest BCUT2D eigenvalue weighted by molar-refractivity contribution is 0.207. The van der Waals surface area contributed by atoms with E-state index in [0.29, 0.717) is 6.04 Å². The molecule has 0 aromatic carbocycles. The third-order valence-corrected chi connectivity index (χ3v) is 4.10. The fourth-order valence-corrected chi connectivity index (χ4v) is 3.05. The zero-order chi connectivity index (χ0) is 9.97. The molecule has 1 N–H and O–H groups in total. The van der Waals surface area contributed by atoms with Gasteiger partial charge in [-0.2, -0.15) is 0 Å². The molecule has 0 spiro atoms. The Morgan fingerprint density at radius 2 is 2.29 bits per heavy atom. The minimum absolute atomic E-state index is 0.690. The van der Waals surface area contributed by atoms with Crippen LogP contribution >= 0.6 is 0 Å². The van der Waals surface area contributed by atoms with Crippen molar-refractivity contribution in [3.63, 3.8) is 0 Å². The molecule has 82 valence electrons. The molecule has 2 nitrogen and oxygen atoms in total. The maximum atomic E-state index is 3.31. The Morgan fingerprint density at radius 1 is 1.43 bits per heavy atom. The van der Waals surface area contributed by atoms with Crippen molar-refractivity contribution in [2.24, 2.45) is 5.92 Å². The Morgan fingerprint density at radius 3 is 2.86 bits per heavy atom. The second-order valence-electron chi connectivity index (χ2n) is 5.16. The summed E-state index contributed by atoms with van der Waals surface area (Å²) in [7, 11) is 2.06. The van der Waals surface area contributed by atoms with Crippen LogP contribution in [0.15, 0.2) is 0 Å². The minimum atomic E-state index is 0.690. The highest BCUT2D eigenvalue weighted by atomic mass is 15.2. The SMILES string of the molecule is CNC(C)CCCN1CC2CCC1C2. The van der Waals surface area contributed by atoms with Gasteiger partial charge in [0.15, 0.2) is 0 Å². The third-order valence-electron chi connectivity index (χ3n) is 4.10. The first-order chi connectivity index (χ1) is 6.79. The zero-order valence-electron chi connectivity index (χ0n) is 9.63. The average Bonchev–Trinajstić information content (AvgIpc) is 2.79. The third kappa shape index (κ3) is 2.29. The first-order valence-electron chi connectivity index (χ1n) is 6.21. The number of rotatable bonds is 5. The van der Waals surface area contributed by atoms with Crippen LogP contribution in [0, 0.1) is 5.92 Å². The monoisotopic (exact) mass is 196 g/mol. The van der Waals surface area contributed by atoms with E-state index < -0.39 is 0 Å². The highest BCUT2D eigenvalue weighted by Gasteiger charge is 2.36. The van der Waals surface area contributed by atoms with Crippen LogP contribution in [0.4, 0.5) is 0 Å². The van der Waals surface area contributed by atoms with Crippen LogP contribution < -0.4 is 5.32 Å². The van der Waals surface area contributed by atoms with E-state index in [2.05, 4.69) is 24.2 Å². The maximum Gasteiger partial charge on any atom is 0.00985 e. The molecule has 1 aliphatic carbocycles. The van der Waals surface area contributed by atoms with Gasteiger partial charge < -0.3 is 10.2 Å². The van der Waals surface area contributed by atoms with Crippen LogP contribution in [0.1, 0.15) is 39.0 Å². The highest BCUT2D eigenvalue weighted by Crippen LogP contribution is 2.37. The molecule has 2 heteroatoms. The van der Waals surface area contributed by atoms with Gasteiger partial charge in [-0.1, -0.05) is 0 Å². The number of likely N-dealkylation sites (tertiary alicyclic amines) is 1. The summed E-state index contributed by atoms with van der Waals surface area (Å²) in [4.78, 5) is 2.73. The van der Waals surface area contributed by atoms with Gasteiger partial charge in [0.25, 0.3) is 0 Å². The van der Waals surface area contributed by atoms with Crippen LogP contribution in [0.3, 0.4) is 0 Å². The van der Waals surface area contributed by atoms with Gasteiger partial charge in [0.1, 0.15) is 0 Å². The van der Waals surface area contributed by atoms with Crippen molar-refractivity contribution in [2.75, 3.05) is 20.1 Å². The Labute approximate surface area is 88.1 Å². The van der Waals surface area contributed by atoms with Crippen molar-refractivity contribution in [3.05, 3.63) is 0 Å². The number of hydrogen-bond acceptors (Lipinski definition) is 2. The first-order valence-corrected chi connectivity index (χ1v) is 6.21. The molecule has 0 radical (unpaired) electrons. The lowest BCUT2D eigenvalue weighted by Gasteiger charge is -2.27. The second kappa shape index (κ2) is 4.63. The molecule has 1 heterocycles. The van der Waals surface area contributed by atoms with Crippen molar-refractivity contribution < 1.29 is 0 Å². The van der Waals surface area contributed by atoms with Crippen molar-refractivity contribution in [1.82, 2.24) is 10.2 Å². The number of hydrogen-bond donors (Lipinski definition) is 1. The van der Waals surface area contributed by atoms with Crippen LogP contribution in [-0.4, -0.2) is 37.1 Å². The van der Waals surface area contributed by atoms with E-state index in [1.807, 2.05) is 0 Å². The van der Waals surface area contributed by atoms with Crippen LogP contribution in [0.5, 0.6) is 0 Å². The Hall–Kier alpha value is -0.0800. The smallest absolute Gasteiger partial charge is 0.00985 e. The van der Waals surface area contributed by atoms with Crippen LogP contribution in [-0.2, 0) is 0 Å². The van der Waals surface area contributed by atoms with E-state index in [1.165, 1.54) is 45.2 Å². The van der Waals surface area contributed by atoms with E-state index >= 15 is 0 Å². The highest BCUT2D eigenvalue weighted by molar-refractivity contribution is 4.91. The van der Waals surface area contributed by atoms with E-state index in [9.17, 15) is 0 Å². The Balaban J connectivity index is 1.62. The topological polar surface area (TPSA) is 15.3 Å². The molecule has 2 bridgehead atoms. The lowest BCUT2D eigenvalue weighted by atomic mass is 10.1. The minimum Gasteiger partial charge on any atom is -0.317 e. The van der Waals surface area contributed by atoms with Gasteiger partial charge in [-0.05, 0) is 58.5 Å². The quantitative estimate of drug-likeness (QED) is 0.722. The van der Waals surface area contributed by atoms with E-state index in [4.69, 9.17) is 0 Å². The summed E-state index contributed by atoms with van der Waals surface area (Å²) in [6, 6.07) is 1.65. The van der Waals surface area contributed by atoms with Crippen LogP contribution in [0.2, 0.25) is 0 Å². The summed E-state index contributed by atoms with van der Waals surface area (Å²) in [5.41, 5.74) is 0. The first kappa shape index (κ1) is 10.4. The summed E-state index contributed by atoms with van der Waals surface area (Å²) in [5, 5.41) is 3.31. The van der Waals surface area contributed by atoms with Gasteiger partial charge in [-0.25, -0.2) is 0 Å². The fraction of sp³-hybridized carbons (Fsp3) is 1.00. The molecule has 0 amide bonds. The summed E-state index contributed by atoms with van der Waals surface area (Å²) in [6.07, 6.45) is 7.18. The Bertz CT molecular complexity index is 181. The molecule has 0 aromatic heterocycles.